The predicted molar refractivity (Wildman–Crippen MR) is 87.9 cm³/mol. The van der Waals surface area contributed by atoms with Crippen LogP contribution in [0.4, 0.5) is 0 Å². The molecule has 1 aromatic carbocycles. The van der Waals surface area contributed by atoms with E-state index < -0.39 is 0 Å². The fraction of sp³-hybridized carbons (Fsp3) is 0.556. The lowest BCUT2D eigenvalue weighted by Gasteiger charge is -2.07. The molecule has 0 bridgehead atoms. The molecule has 0 aliphatic heterocycles. The van der Waals surface area contributed by atoms with Crippen molar-refractivity contribution in [1.82, 2.24) is 5.32 Å². The van der Waals surface area contributed by atoms with Gasteiger partial charge in [0.15, 0.2) is 0 Å². The SMILES string of the molecule is CCCOc1ccc2oc(CNCC)c(CC(C)C)c2c1. The molecule has 0 amide bonds. The van der Waals surface area contributed by atoms with Gasteiger partial charge in [-0.2, -0.15) is 0 Å². The second kappa shape index (κ2) is 7.51. The van der Waals surface area contributed by atoms with Gasteiger partial charge in [-0.05, 0) is 43.5 Å². The van der Waals surface area contributed by atoms with Crippen LogP contribution in [0.5, 0.6) is 5.75 Å². The van der Waals surface area contributed by atoms with E-state index in [4.69, 9.17) is 9.15 Å². The first kappa shape index (κ1) is 15.9. The summed E-state index contributed by atoms with van der Waals surface area (Å²) in [7, 11) is 0. The zero-order chi connectivity index (χ0) is 15.2. The normalized spacial score (nSPS) is 11.5. The summed E-state index contributed by atoms with van der Waals surface area (Å²) in [5.41, 5.74) is 2.28. The van der Waals surface area contributed by atoms with Crippen LogP contribution in [0.1, 0.15) is 45.4 Å². The Hall–Kier alpha value is -1.48. The topological polar surface area (TPSA) is 34.4 Å². The predicted octanol–water partition coefficient (Wildman–Crippen LogP) is 4.53. The van der Waals surface area contributed by atoms with Crippen LogP contribution in [0.3, 0.4) is 0 Å². The van der Waals surface area contributed by atoms with E-state index in [0.29, 0.717) is 5.92 Å². The molecule has 0 unspecified atom stereocenters. The van der Waals surface area contributed by atoms with Gasteiger partial charge in [0.1, 0.15) is 17.1 Å². The van der Waals surface area contributed by atoms with Gasteiger partial charge in [-0.15, -0.1) is 0 Å². The van der Waals surface area contributed by atoms with E-state index in [-0.39, 0.29) is 0 Å². The van der Waals surface area contributed by atoms with E-state index in [0.717, 1.165) is 49.6 Å². The van der Waals surface area contributed by atoms with E-state index >= 15 is 0 Å². The number of furan rings is 1. The summed E-state index contributed by atoms with van der Waals surface area (Å²) in [5.74, 6) is 2.60. The lowest BCUT2D eigenvalue weighted by atomic mass is 9.99. The van der Waals surface area contributed by atoms with E-state index in [1.165, 1.54) is 10.9 Å². The van der Waals surface area contributed by atoms with Gasteiger partial charge < -0.3 is 14.5 Å². The third-order valence-corrected chi connectivity index (χ3v) is 3.47. The minimum absolute atomic E-state index is 0.603. The van der Waals surface area contributed by atoms with Crippen molar-refractivity contribution in [3.8, 4) is 5.75 Å². The van der Waals surface area contributed by atoms with Gasteiger partial charge in [0.2, 0.25) is 0 Å². The van der Waals surface area contributed by atoms with Crippen LogP contribution in [0, 0.1) is 5.92 Å². The van der Waals surface area contributed by atoms with Crippen molar-refractivity contribution >= 4 is 11.0 Å². The van der Waals surface area contributed by atoms with Crippen LogP contribution >= 0.6 is 0 Å². The largest absolute Gasteiger partial charge is 0.494 e. The van der Waals surface area contributed by atoms with Gasteiger partial charge in [0.25, 0.3) is 0 Å². The molecule has 116 valence electrons. The molecule has 2 aromatic rings. The fourth-order valence-corrected chi connectivity index (χ4v) is 2.50. The molecular formula is C18H27NO2. The molecule has 2 rings (SSSR count). The molecule has 0 aliphatic carbocycles. The standard InChI is InChI=1S/C18H27NO2/c1-5-9-20-14-7-8-17-16(11-14)15(10-13(3)4)18(21-17)12-19-6-2/h7-8,11,13,19H,5-6,9-10,12H2,1-4H3. The quantitative estimate of drug-likeness (QED) is 0.775. The molecule has 0 saturated carbocycles. The summed E-state index contributed by atoms with van der Waals surface area (Å²) in [6.07, 6.45) is 2.05. The highest BCUT2D eigenvalue weighted by atomic mass is 16.5. The van der Waals surface area contributed by atoms with Crippen molar-refractivity contribution in [2.45, 2.75) is 47.1 Å². The Balaban J connectivity index is 2.38. The second-order valence-corrected chi connectivity index (χ2v) is 5.89. The first-order chi connectivity index (χ1) is 10.2. The van der Waals surface area contributed by atoms with Crippen molar-refractivity contribution in [3.05, 3.63) is 29.5 Å². The van der Waals surface area contributed by atoms with E-state index in [9.17, 15) is 0 Å². The average Bonchev–Trinajstić information content (AvgIpc) is 2.80. The molecule has 0 atom stereocenters. The minimum Gasteiger partial charge on any atom is -0.494 e. The number of hydrogen-bond donors (Lipinski definition) is 1. The zero-order valence-corrected chi connectivity index (χ0v) is 13.7. The van der Waals surface area contributed by atoms with Crippen LogP contribution in [-0.2, 0) is 13.0 Å². The van der Waals surface area contributed by atoms with Crippen LogP contribution in [0.25, 0.3) is 11.0 Å². The Morgan fingerprint density at radius 1 is 1.24 bits per heavy atom. The molecule has 1 heterocycles. The van der Waals surface area contributed by atoms with E-state index in [1.807, 2.05) is 12.1 Å². The Morgan fingerprint density at radius 2 is 2.05 bits per heavy atom. The van der Waals surface area contributed by atoms with Gasteiger partial charge in [0.05, 0.1) is 13.2 Å². The minimum atomic E-state index is 0.603. The molecule has 0 radical (unpaired) electrons. The van der Waals surface area contributed by atoms with Gasteiger partial charge in [0, 0.05) is 10.9 Å². The summed E-state index contributed by atoms with van der Waals surface area (Å²) >= 11 is 0. The average molecular weight is 289 g/mol. The molecule has 0 spiro atoms. The van der Waals surface area contributed by atoms with Crippen molar-refractivity contribution in [1.29, 1.82) is 0 Å². The number of benzene rings is 1. The molecule has 1 aromatic heterocycles. The number of hydrogen-bond acceptors (Lipinski definition) is 3. The number of ether oxygens (including phenoxy) is 1. The summed E-state index contributed by atoms with van der Waals surface area (Å²) in [6.45, 7) is 11.2. The van der Waals surface area contributed by atoms with Gasteiger partial charge >= 0.3 is 0 Å². The maximum Gasteiger partial charge on any atom is 0.134 e. The van der Waals surface area contributed by atoms with Gasteiger partial charge in [-0.3, -0.25) is 0 Å². The third kappa shape index (κ3) is 4.01. The van der Waals surface area contributed by atoms with Crippen molar-refractivity contribution in [2.24, 2.45) is 5.92 Å². The first-order valence-corrected chi connectivity index (χ1v) is 8.03. The first-order valence-electron chi connectivity index (χ1n) is 8.03. The van der Waals surface area contributed by atoms with Gasteiger partial charge in [-0.25, -0.2) is 0 Å². The molecule has 0 saturated heterocycles. The smallest absolute Gasteiger partial charge is 0.134 e. The summed E-state index contributed by atoms with van der Waals surface area (Å²) in [5, 5.41) is 4.56. The molecule has 0 fully saturated rings. The lowest BCUT2D eigenvalue weighted by molar-refractivity contribution is 0.318. The maximum absolute atomic E-state index is 6.04. The van der Waals surface area contributed by atoms with Crippen LogP contribution in [-0.4, -0.2) is 13.2 Å². The number of nitrogens with one attached hydrogen (secondary N) is 1. The highest BCUT2D eigenvalue weighted by Gasteiger charge is 2.15. The number of fused-ring (bicyclic) bond motifs is 1. The molecule has 3 nitrogen and oxygen atoms in total. The molecule has 0 aliphatic rings. The van der Waals surface area contributed by atoms with Crippen LogP contribution < -0.4 is 10.1 Å². The third-order valence-electron chi connectivity index (χ3n) is 3.47. The Kier molecular flexibility index (Phi) is 5.68. The summed E-state index contributed by atoms with van der Waals surface area (Å²) < 4.78 is 11.8. The second-order valence-electron chi connectivity index (χ2n) is 5.89. The maximum atomic E-state index is 6.04. The molecular weight excluding hydrogens is 262 g/mol. The van der Waals surface area contributed by atoms with E-state index in [1.54, 1.807) is 0 Å². The van der Waals surface area contributed by atoms with Crippen molar-refractivity contribution < 1.29 is 9.15 Å². The monoisotopic (exact) mass is 289 g/mol. The van der Waals surface area contributed by atoms with E-state index in [2.05, 4.69) is 39.1 Å². The van der Waals surface area contributed by atoms with Crippen molar-refractivity contribution in [2.75, 3.05) is 13.2 Å². The molecule has 3 heteroatoms. The summed E-state index contributed by atoms with van der Waals surface area (Å²) in [6, 6.07) is 6.15. The fourth-order valence-electron chi connectivity index (χ4n) is 2.50. The Morgan fingerprint density at radius 3 is 2.71 bits per heavy atom. The Bertz CT molecular complexity index is 572. The molecule has 1 N–H and O–H groups in total. The van der Waals surface area contributed by atoms with Gasteiger partial charge in [-0.1, -0.05) is 27.7 Å². The number of rotatable bonds is 8. The Labute approximate surface area is 127 Å². The van der Waals surface area contributed by atoms with Crippen LogP contribution in [0.15, 0.2) is 22.6 Å². The molecule has 21 heavy (non-hydrogen) atoms. The van der Waals surface area contributed by atoms with Crippen LogP contribution in [0.2, 0.25) is 0 Å². The summed E-state index contributed by atoms with van der Waals surface area (Å²) in [4.78, 5) is 0. The zero-order valence-electron chi connectivity index (χ0n) is 13.7. The lowest BCUT2D eigenvalue weighted by Crippen LogP contribution is -2.12. The highest BCUT2D eigenvalue weighted by molar-refractivity contribution is 5.83. The van der Waals surface area contributed by atoms with Crippen molar-refractivity contribution in [3.63, 3.8) is 0 Å². The highest BCUT2D eigenvalue weighted by Crippen LogP contribution is 2.31.